The molecule has 3 aromatic heterocycles. The van der Waals surface area contributed by atoms with Gasteiger partial charge in [-0.15, -0.1) is 0 Å². The van der Waals surface area contributed by atoms with Gasteiger partial charge < -0.3 is 8.83 Å². The molecule has 0 radical (unpaired) electrons. The Hall–Kier alpha value is -6.07. The average molecular weight is 566 g/mol. The summed E-state index contributed by atoms with van der Waals surface area (Å²) in [6, 6.07) is 47.0. The third-order valence-corrected chi connectivity index (χ3v) is 8.15. The molecule has 0 saturated carbocycles. The van der Waals surface area contributed by atoms with Crippen LogP contribution in [0.3, 0.4) is 0 Å². The van der Waals surface area contributed by atoms with Crippen molar-refractivity contribution in [3.8, 4) is 45.3 Å². The standard InChI is InChI=1S/C39H23N3O2/c1-2-11-24(12-3-1)25-13-8-14-26(23-25)37-40-38(31-19-9-17-29-27-15-4-6-21-33(27)43-35(29)31)42-39(41-37)32-20-10-18-30-28-16-5-7-22-34(28)44-36(30)32/h1-23H. The van der Waals surface area contributed by atoms with Crippen molar-refractivity contribution in [2.24, 2.45) is 0 Å². The monoisotopic (exact) mass is 565 g/mol. The summed E-state index contributed by atoms with van der Waals surface area (Å²) in [5.74, 6) is 1.64. The first-order valence-corrected chi connectivity index (χ1v) is 14.5. The fourth-order valence-electron chi connectivity index (χ4n) is 6.06. The van der Waals surface area contributed by atoms with E-state index in [1.54, 1.807) is 0 Å². The zero-order valence-electron chi connectivity index (χ0n) is 23.4. The van der Waals surface area contributed by atoms with E-state index < -0.39 is 0 Å². The summed E-state index contributed by atoms with van der Waals surface area (Å²) in [5.41, 5.74) is 7.87. The van der Waals surface area contributed by atoms with Gasteiger partial charge in [0.15, 0.2) is 17.5 Å². The van der Waals surface area contributed by atoms with E-state index >= 15 is 0 Å². The van der Waals surface area contributed by atoms with Crippen molar-refractivity contribution in [1.29, 1.82) is 0 Å². The van der Waals surface area contributed by atoms with Crippen LogP contribution in [0.4, 0.5) is 0 Å². The minimum atomic E-state index is 0.535. The van der Waals surface area contributed by atoms with Crippen molar-refractivity contribution in [2.45, 2.75) is 0 Å². The van der Waals surface area contributed by atoms with Gasteiger partial charge in [0, 0.05) is 27.1 Å². The van der Waals surface area contributed by atoms with E-state index in [2.05, 4.69) is 48.5 Å². The van der Waals surface area contributed by atoms with Gasteiger partial charge in [0.25, 0.3) is 0 Å². The lowest BCUT2D eigenvalue weighted by atomic mass is 10.0. The van der Waals surface area contributed by atoms with Crippen LogP contribution in [0.15, 0.2) is 148 Å². The van der Waals surface area contributed by atoms with Gasteiger partial charge in [0.05, 0.1) is 11.1 Å². The maximum absolute atomic E-state index is 6.40. The molecule has 0 saturated heterocycles. The number of hydrogen-bond donors (Lipinski definition) is 0. The van der Waals surface area contributed by atoms with Crippen LogP contribution in [0.5, 0.6) is 0 Å². The molecule has 206 valence electrons. The highest BCUT2D eigenvalue weighted by Gasteiger charge is 2.20. The van der Waals surface area contributed by atoms with E-state index in [-0.39, 0.29) is 0 Å². The first-order valence-electron chi connectivity index (χ1n) is 14.5. The second-order valence-corrected chi connectivity index (χ2v) is 10.8. The van der Waals surface area contributed by atoms with Crippen LogP contribution < -0.4 is 0 Å². The van der Waals surface area contributed by atoms with E-state index in [4.69, 9.17) is 23.8 Å². The molecular formula is C39H23N3O2. The Labute approximate surface area is 252 Å². The SMILES string of the molecule is c1ccc(-c2cccc(-c3nc(-c4cccc5c4oc4ccccc45)nc(-c4cccc5c4oc4ccccc45)n3)c2)cc1. The van der Waals surface area contributed by atoms with Gasteiger partial charge in [-0.3, -0.25) is 0 Å². The summed E-state index contributed by atoms with van der Waals surface area (Å²) in [6.45, 7) is 0. The molecule has 0 aliphatic heterocycles. The van der Waals surface area contributed by atoms with Crippen LogP contribution in [0.2, 0.25) is 0 Å². The van der Waals surface area contributed by atoms with Crippen LogP contribution >= 0.6 is 0 Å². The first-order chi connectivity index (χ1) is 21.8. The summed E-state index contributed by atoms with van der Waals surface area (Å²) >= 11 is 0. The zero-order chi connectivity index (χ0) is 29.0. The molecule has 9 rings (SSSR count). The number of para-hydroxylation sites is 4. The van der Waals surface area contributed by atoms with E-state index in [1.807, 2.05) is 91.0 Å². The number of benzene rings is 6. The molecular weight excluding hydrogens is 542 g/mol. The van der Waals surface area contributed by atoms with Crippen molar-refractivity contribution in [1.82, 2.24) is 15.0 Å². The molecule has 5 heteroatoms. The van der Waals surface area contributed by atoms with Gasteiger partial charge in [-0.05, 0) is 41.5 Å². The molecule has 0 bridgehead atoms. The van der Waals surface area contributed by atoms with E-state index in [0.29, 0.717) is 17.5 Å². The Bertz CT molecular complexity index is 2380. The lowest BCUT2D eigenvalue weighted by molar-refractivity contribution is 0.669. The Kier molecular flexibility index (Phi) is 5.43. The Balaban J connectivity index is 1.31. The number of hydrogen-bond acceptors (Lipinski definition) is 5. The molecule has 0 amide bonds. The molecule has 0 N–H and O–H groups in total. The largest absolute Gasteiger partial charge is 0.455 e. The fraction of sp³-hybridized carbons (Fsp3) is 0. The molecule has 9 aromatic rings. The van der Waals surface area contributed by atoms with E-state index in [1.165, 1.54) is 0 Å². The number of rotatable bonds is 4. The van der Waals surface area contributed by atoms with Crippen LogP contribution in [0.25, 0.3) is 89.2 Å². The van der Waals surface area contributed by atoms with Gasteiger partial charge in [0.1, 0.15) is 22.3 Å². The van der Waals surface area contributed by atoms with Gasteiger partial charge >= 0.3 is 0 Å². The topological polar surface area (TPSA) is 65.0 Å². The molecule has 5 nitrogen and oxygen atoms in total. The fourth-order valence-corrected chi connectivity index (χ4v) is 6.06. The van der Waals surface area contributed by atoms with E-state index in [9.17, 15) is 0 Å². The molecule has 0 spiro atoms. The summed E-state index contributed by atoms with van der Waals surface area (Å²) in [6.07, 6.45) is 0. The van der Waals surface area contributed by atoms with Crippen molar-refractivity contribution in [3.63, 3.8) is 0 Å². The Morgan fingerprint density at radius 3 is 1.41 bits per heavy atom. The molecule has 0 fully saturated rings. The maximum Gasteiger partial charge on any atom is 0.167 e. The molecule has 3 heterocycles. The minimum absolute atomic E-state index is 0.535. The van der Waals surface area contributed by atoms with Gasteiger partial charge in [-0.2, -0.15) is 0 Å². The van der Waals surface area contributed by atoms with Crippen LogP contribution in [0, 0.1) is 0 Å². The smallest absolute Gasteiger partial charge is 0.167 e. The normalized spacial score (nSPS) is 11.6. The molecule has 44 heavy (non-hydrogen) atoms. The molecule has 0 aliphatic carbocycles. The number of fused-ring (bicyclic) bond motifs is 6. The molecule has 6 aromatic carbocycles. The molecule has 0 unspecified atom stereocenters. The van der Waals surface area contributed by atoms with Crippen LogP contribution in [-0.2, 0) is 0 Å². The quantitative estimate of drug-likeness (QED) is 0.212. The summed E-state index contributed by atoms with van der Waals surface area (Å²) in [7, 11) is 0. The summed E-state index contributed by atoms with van der Waals surface area (Å²) in [4.78, 5) is 15.2. The van der Waals surface area contributed by atoms with Crippen molar-refractivity contribution in [2.75, 3.05) is 0 Å². The second kappa shape index (κ2) is 9.75. The third kappa shape index (κ3) is 3.91. The van der Waals surface area contributed by atoms with Crippen LogP contribution in [-0.4, -0.2) is 15.0 Å². The second-order valence-electron chi connectivity index (χ2n) is 10.8. The molecule has 0 aliphatic rings. The zero-order valence-corrected chi connectivity index (χ0v) is 23.4. The number of nitrogens with zero attached hydrogens (tertiary/aromatic N) is 3. The lowest BCUT2D eigenvalue weighted by Crippen LogP contribution is -2.00. The highest BCUT2D eigenvalue weighted by atomic mass is 16.3. The Morgan fingerprint density at radius 1 is 0.341 bits per heavy atom. The van der Waals surface area contributed by atoms with Gasteiger partial charge in [0.2, 0.25) is 0 Å². The number of aromatic nitrogens is 3. The third-order valence-electron chi connectivity index (χ3n) is 8.15. The van der Waals surface area contributed by atoms with Crippen molar-refractivity contribution in [3.05, 3.63) is 140 Å². The first kappa shape index (κ1) is 24.5. The summed E-state index contributed by atoms with van der Waals surface area (Å²) in [5, 5.41) is 4.15. The molecule has 0 atom stereocenters. The Morgan fingerprint density at radius 2 is 0.795 bits per heavy atom. The minimum Gasteiger partial charge on any atom is -0.455 e. The van der Waals surface area contributed by atoms with Gasteiger partial charge in [-0.1, -0.05) is 109 Å². The summed E-state index contributed by atoms with van der Waals surface area (Å²) < 4.78 is 12.8. The maximum atomic E-state index is 6.40. The van der Waals surface area contributed by atoms with E-state index in [0.717, 1.165) is 71.7 Å². The predicted octanol–water partition coefficient (Wildman–Crippen LogP) is 10.3. The van der Waals surface area contributed by atoms with Gasteiger partial charge in [-0.25, -0.2) is 15.0 Å². The highest BCUT2D eigenvalue weighted by Crippen LogP contribution is 2.38. The predicted molar refractivity (Wildman–Crippen MR) is 176 cm³/mol. The average Bonchev–Trinajstić information content (AvgIpc) is 3.67. The lowest BCUT2D eigenvalue weighted by Gasteiger charge is -2.10. The highest BCUT2D eigenvalue weighted by molar-refractivity contribution is 6.10. The number of furan rings is 2. The van der Waals surface area contributed by atoms with Crippen molar-refractivity contribution < 1.29 is 8.83 Å². The van der Waals surface area contributed by atoms with Crippen LogP contribution in [0.1, 0.15) is 0 Å². The van der Waals surface area contributed by atoms with Crippen molar-refractivity contribution >= 4 is 43.9 Å².